The molecule has 0 saturated heterocycles. The molecule has 3 rings (SSSR count). The molecule has 0 saturated carbocycles. The monoisotopic (exact) mass is 370 g/mol. The van der Waals surface area contributed by atoms with E-state index in [1.54, 1.807) is 11.8 Å². The highest BCUT2D eigenvalue weighted by Gasteiger charge is 2.10. The van der Waals surface area contributed by atoms with E-state index >= 15 is 0 Å². The molecule has 0 unspecified atom stereocenters. The third-order valence-corrected chi connectivity index (χ3v) is 5.83. The average molecular weight is 371 g/mol. The molecule has 0 bridgehead atoms. The van der Waals surface area contributed by atoms with Crippen LogP contribution < -0.4 is 0 Å². The largest absolute Gasteiger partial charge is 0.0904 e. The lowest BCUT2D eigenvalue weighted by atomic mass is 9.89. The van der Waals surface area contributed by atoms with Crippen molar-refractivity contribution in [3.05, 3.63) is 118 Å². The van der Waals surface area contributed by atoms with Gasteiger partial charge in [-0.25, -0.2) is 0 Å². The summed E-state index contributed by atoms with van der Waals surface area (Å²) in [4.78, 5) is 2.31. The van der Waals surface area contributed by atoms with Gasteiger partial charge in [-0.2, -0.15) is 0 Å². The van der Waals surface area contributed by atoms with Gasteiger partial charge in [-0.15, -0.1) is 0 Å². The van der Waals surface area contributed by atoms with E-state index in [-0.39, 0.29) is 0 Å². The van der Waals surface area contributed by atoms with Gasteiger partial charge in [-0.1, -0.05) is 90.7 Å². The number of aryl methyl sites for hydroxylation is 2. The van der Waals surface area contributed by atoms with Crippen LogP contribution in [0.4, 0.5) is 0 Å². The van der Waals surface area contributed by atoms with E-state index in [4.69, 9.17) is 0 Å². The van der Waals surface area contributed by atoms with E-state index in [1.165, 1.54) is 38.3 Å². The van der Waals surface area contributed by atoms with Gasteiger partial charge >= 0.3 is 0 Å². The molecule has 0 heterocycles. The smallest absolute Gasteiger partial charge is 0.0151 e. The number of hydrogen-bond donors (Lipinski definition) is 0. The van der Waals surface area contributed by atoms with Gasteiger partial charge in [-0.3, -0.25) is 0 Å². The Balaban J connectivity index is 1.65. The zero-order valence-corrected chi connectivity index (χ0v) is 17.1. The molecule has 1 aliphatic rings. The minimum atomic E-state index is 0.988. The lowest BCUT2D eigenvalue weighted by Gasteiger charge is -2.16. The summed E-state index contributed by atoms with van der Waals surface area (Å²) in [6.45, 7) is 10.7. The van der Waals surface area contributed by atoms with E-state index in [2.05, 4.69) is 106 Å². The van der Waals surface area contributed by atoms with E-state index in [1.807, 2.05) is 0 Å². The van der Waals surface area contributed by atoms with Gasteiger partial charge in [0, 0.05) is 9.80 Å². The van der Waals surface area contributed by atoms with Crippen LogP contribution in [0.25, 0.3) is 5.57 Å². The molecule has 0 N–H and O–H groups in total. The first-order chi connectivity index (χ1) is 13.0. The Bertz CT molecular complexity index is 967. The zero-order valence-electron chi connectivity index (χ0n) is 16.3. The quantitative estimate of drug-likeness (QED) is 0.382. The molecule has 27 heavy (non-hydrogen) atoms. The molecule has 1 aliphatic carbocycles. The average Bonchev–Trinajstić information content (AvgIpc) is 2.65. The van der Waals surface area contributed by atoms with E-state index in [0.717, 1.165) is 11.3 Å². The topological polar surface area (TPSA) is 0 Å². The lowest BCUT2D eigenvalue weighted by Crippen LogP contribution is -1.96. The third kappa shape index (κ3) is 5.02. The Kier molecular flexibility index (Phi) is 6.36. The number of benzene rings is 2. The summed E-state index contributed by atoms with van der Waals surface area (Å²) in [5, 5.41) is 0. The van der Waals surface area contributed by atoms with Crippen LogP contribution in [-0.4, -0.2) is 0 Å². The Hall–Kier alpha value is -2.51. The second-order valence-electron chi connectivity index (χ2n) is 6.95. The first-order valence-electron chi connectivity index (χ1n) is 9.28. The van der Waals surface area contributed by atoms with Crippen molar-refractivity contribution in [2.75, 3.05) is 0 Å². The molecule has 2 aromatic rings. The van der Waals surface area contributed by atoms with Crippen molar-refractivity contribution < 1.29 is 0 Å². The summed E-state index contributed by atoms with van der Waals surface area (Å²) in [6, 6.07) is 17.0. The second-order valence-corrected chi connectivity index (χ2v) is 8.12. The molecular weight excluding hydrogens is 344 g/mol. The molecule has 0 nitrogen and oxygen atoms in total. The summed E-state index contributed by atoms with van der Waals surface area (Å²) in [7, 11) is 0. The minimum Gasteiger partial charge on any atom is -0.0904 e. The molecule has 0 atom stereocenters. The number of thioether (sulfide) groups is 1. The predicted molar refractivity (Wildman–Crippen MR) is 121 cm³/mol. The van der Waals surface area contributed by atoms with Crippen LogP contribution in [0.15, 0.2) is 106 Å². The minimum absolute atomic E-state index is 0.988. The Morgan fingerprint density at radius 2 is 1.63 bits per heavy atom. The summed E-state index contributed by atoms with van der Waals surface area (Å²) in [6.07, 6.45) is 11.9. The van der Waals surface area contributed by atoms with Crippen LogP contribution in [0, 0.1) is 13.8 Å². The summed E-state index contributed by atoms with van der Waals surface area (Å²) >= 11 is 1.72. The Morgan fingerprint density at radius 3 is 2.33 bits per heavy atom. The Morgan fingerprint density at radius 1 is 0.926 bits per heavy atom. The van der Waals surface area contributed by atoms with Gasteiger partial charge in [0.2, 0.25) is 0 Å². The van der Waals surface area contributed by atoms with Gasteiger partial charge in [0.1, 0.15) is 0 Å². The first-order valence-corrected chi connectivity index (χ1v) is 10.1. The highest BCUT2D eigenvalue weighted by atomic mass is 32.2. The highest BCUT2D eigenvalue weighted by Crippen LogP contribution is 2.32. The van der Waals surface area contributed by atoms with Crippen molar-refractivity contribution in [1.82, 2.24) is 0 Å². The fourth-order valence-electron chi connectivity index (χ4n) is 3.23. The number of hydrogen-bond acceptors (Lipinski definition) is 1. The lowest BCUT2D eigenvalue weighted by molar-refractivity contribution is 1.14. The van der Waals surface area contributed by atoms with Crippen molar-refractivity contribution in [3.8, 4) is 0 Å². The van der Waals surface area contributed by atoms with Gasteiger partial charge in [0.05, 0.1) is 0 Å². The van der Waals surface area contributed by atoms with Gasteiger partial charge < -0.3 is 0 Å². The molecule has 0 radical (unpaired) electrons. The van der Waals surface area contributed by atoms with Crippen molar-refractivity contribution in [1.29, 1.82) is 0 Å². The summed E-state index contributed by atoms with van der Waals surface area (Å²) < 4.78 is 0. The highest BCUT2D eigenvalue weighted by molar-refractivity contribution is 8.03. The van der Waals surface area contributed by atoms with Crippen LogP contribution in [0.5, 0.6) is 0 Å². The second kappa shape index (κ2) is 8.92. The van der Waals surface area contributed by atoms with Crippen molar-refractivity contribution in [2.45, 2.75) is 32.1 Å². The molecule has 0 spiro atoms. The maximum Gasteiger partial charge on any atom is 0.0151 e. The van der Waals surface area contributed by atoms with E-state index in [0.29, 0.717) is 0 Å². The van der Waals surface area contributed by atoms with Crippen molar-refractivity contribution in [2.24, 2.45) is 0 Å². The van der Waals surface area contributed by atoms with E-state index < -0.39 is 0 Å². The maximum absolute atomic E-state index is 4.17. The van der Waals surface area contributed by atoms with Crippen LogP contribution in [0.2, 0.25) is 0 Å². The van der Waals surface area contributed by atoms with Crippen molar-refractivity contribution in [3.63, 3.8) is 0 Å². The molecule has 0 aromatic heterocycles. The van der Waals surface area contributed by atoms with Crippen molar-refractivity contribution >= 4 is 17.3 Å². The summed E-state index contributed by atoms with van der Waals surface area (Å²) in [5.74, 6) is 0. The SMILES string of the molecule is C=C(/C=C\C=C1\C=CC(c2ccccc2C)=C(C)C1)Sc1ccccc1C. The fourth-order valence-corrected chi connectivity index (χ4v) is 4.03. The maximum atomic E-state index is 4.17. The fraction of sp³-hybridized carbons (Fsp3) is 0.154. The van der Waals surface area contributed by atoms with Crippen LogP contribution in [-0.2, 0) is 0 Å². The van der Waals surface area contributed by atoms with Gasteiger partial charge in [-0.05, 0) is 67.2 Å². The van der Waals surface area contributed by atoms with Gasteiger partial charge in [0.25, 0.3) is 0 Å². The molecule has 0 aliphatic heterocycles. The Labute approximate surface area is 167 Å². The van der Waals surface area contributed by atoms with Crippen LogP contribution in [0.1, 0.15) is 30.0 Å². The predicted octanol–water partition coefficient (Wildman–Crippen LogP) is 7.83. The molecule has 1 heteroatoms. The molecule has 0 fully saturated rings. The first kappa shape index (κ1) is 19.3. The standard InChI is InChI=1S/C26H26S/c1-19-10-5-7-14-24(19)25-17-16-23(18-21(25)3)13-9-12-22(4)27-26-15-8-6-11-20(26)2/h5-17H,4,18H2,1-3H3/b12-9-,23-13-. The molecule has 136 valence electrons. The molecule has 2 aromatic carbocycles. The normalized spacial score (nSPS) is 15.7. The molecular formula is C26H26S. The van der Waals surface area contributed by atoms with Gasteiger partial charge in [0.15, 0.2) is 0 Å². The zero-order chi connectivity index (χ0) is 19.2. The molecule has 0 amide bonds. The number of rotatable bonds is 5. The van der Waals surface area contributed by atoms with Crippen LogP contribution >= 0.6 is 11.8 Å². The summed E-state index contributed by atoms with van der Waals surface area (Å²) in [5.41, 5.74) is 8.05. The number of allylic oxidation sites excluding steroid dienone is 8. The van der Waals surface area contributed by atoms with E-state index in [9.17, 15) is 0 Å². The third-order valence-electron chi connectivity index (χ3n) is 4.76. The van der Waals surface area contributed by atoms with Crippen LogP contribution in [0.3, 0.4) is 0 Å².